The van der Waals surface area contributed by atoms with Crippen LogP contribution in [0.5, 0.6) is 0 Å². The number of rotatable bonds is 8. The largest absolute Gasteiger partial charge is 0.465 e. The van der Waals surface area contributed by atoms with E-state index in [9.17, 15) is 14.0 Å². The smallest absolute Gasteiger partial charge is 0.337 e. The topological polar surface area (TPSA) is 67.7 Å². The minimum absolute atomic E-state index is 0.0146. The second-order valence-corrected chi connectivity index (χ2v) is 11.1. The van der Waals surface area contributed by atoms with Crippen LogP contribution in [-0.2, 0) is 11.2 Å². The molecule has 8 heteroatoms. The number of methoxy groups -OCH3 is 1. The van der Waals surface area contributed by atoms with Crippen LogP contribution in [0.25, 0.3) is 16.6 Å². The number of benzene rings is 2. The number of piperidine rings is 1. The van der Waals surface area contributed by atoms with E-state index in [1.807, 2.05) is 42.8 Å². The summed E-state index contributed by atoms with van der Waals surface area (Å²) < 4.78 is 21.2. The highest BCUT2D eigenvalue weighted by molar-refractivity contribution is 5.99. The number of amides is 1. The van der Waals surface area contributed by atoms with Gasteiger partial charge in [0, 0.05) is 37.4 Å². The third-order valence-corrected chi connectivity index (χ3v) is 8.27. The van der Waals surface area contributed by atoms with Crippen LogP contribution in [0, 0.1) is 5.82 Å². The van der Waals surface area contributed by atoms with Gasteiger partial charge >= 0.3 is 5.97 Å². The van der Waals surface area contributed by atoms with Crippen molar-refractivity contribution < 1.29 is 18.7 Å². The molecule has 41 heavy (non-hydrogen) atoms. The number of likely N-dealkylation sites (tertiary alicyclic amines) is 1. The van der Waals surface area contributed by atoms with Crippen molar-refractivity contribution in [2.75, 3.05) is 33.8 Å². The van der Waals surface area contributed by atoms with E-state index in [1.165, 1.54) is 24.8 Å². The first-order valence-corrected chi connectivity index (χ1v) is 14.2. The molecule has 1 aliphatic heterocycles. The van der Waals surface area contributed by atoms with Crippen molar-refractivity contribution in [2.45, 2.75) is 45.1 Å². The molecule has 0 bridgehead atoms. The number of aromatic nitrogens is 2. The Morgan fingerprint density at radius 1 is 1.12 bits per heavy atom. The van der Waals surface area contributed by atoms with Gasteiger partial charge < -0.3 is 19.1 Å². The highest BCUT2D eigenvalue weighted by atomic mass is 19.1. The number of ether oxygens (including phenoxy) is 1. The molecule has 1 amide bonds. The first kappa shape index (κ1) is 28.5. The van der Waals surface area contributed by atoms with Gasteiger partial charge in [0.2, 0.25) is 0 Å². The van der Waals surface area contributed by atoms with Gasteiger partial charge in [0.05, 0.1) is 35.6 Å². The molecule has 2 aromatic carbocycles. The molecule has 1 aliphatic rings. The lowest BCUT2D eigenvalue weighted by atomic mass is 9.89. The van der Waals surface area contributed by atoms with Crippen LogP contribution in [0.1, 0.15) is 64.4 Å². The SMILES string of the molecule is COC(=O)c1cccc(CCN2CCC(c3cn(-c4ccc(F)cc4C(=O)N(C)C(C)C)c4cnccc34)CC2)c1. The maximum Gasteiger partial charge on any atom is 0.337 e. The van der Waals surface area contributed by atoms with E-state index in [0.717, 1.165) is 55.4 Å². The predicted octanol–water partition coefficient (Wildman–Crippen LogP) is 5.85. The van der Waals surface area contributed by atoms with E-state index in [2.05, 4.69) is 22.1 Å². The quantitative estimate of drug-likeness (QED) is 0.255. The molecule has 0 radical (unpaired) electrons. The lowest BCUT2D eigenvalue weighted by Crippen LogP contribution is -2.34. The van der Waals surface area contributed by atoms with Gasteiger partial charge in [-0.05, 0) is 99.6 Å². The van der Waals surface area contributed by atoms with Gasteiger partial charge in [-0.1, -0.05) is 12.1 Å². The molecule has 7 nitrogen and oxygen atoms in total. The Hall–Kier alpha value is -4.04. The van der Waals surface area contributed by atoms with E-state index in [0.29, 0.717) is 22.7 Å². The Kier molecular flexibility index (Phi) is 8.49. The summed E-state index contributed by atoms with van der Waals surface area (Å²) in [6.07, 6.45) is 8.62. The van der Waals surface area contributed by atoms with E-state index in [4.69, 9.17) is 4.74 Å². The molecule has 4 aromatic rings. The number of hydrogen-bond donors (Lipinski definition) is 0. The van der Waals surface area contributed by atoms with E-state index < -0.39 is 5.82 Å². The Bertz CT molecular complexity index is 1560. The second-order valence-electron chi connectivity index (χ2n) is 11.1. The van der Waals surface area contributed by atoms with Crippen molar-refractivity contribution in [1.29, 1.82) is 0 Å². The second kappa shape index (κ2) is 12.2. The van der Waals surface area contributed by atoms with Crippen LogP contribution >= 0.6 is 0 Å². The number of pyridine rings is 1. The number of halogens is 1. The molecule has 1 saturated heterocycles. The van der Waals surface area contributed by atoms with Gasteiger partial charge in [0.15, 0.2) is 0 Å². The lowest BCUT2D eigenvalue weighted by molar-refractivity contribution is 0.0600. The molecule has 5 rings (SSSR count). The maximum atomic E-state index is 14.4. The van der Waals surface area contributed by atoms with E-state index >= 15 is 0 Å². The molecule has 3 heterocycles. The summed E-state index contributed by atoms with van der Waals surface area (Å²) >= 11 is 0. The number of esters is 1. The van der Waals surface area contributed by atoms with Gasteiger partial charge in [-0.2, -0.15) is 0 Å². The number of fused-ring (bicyclic) bond motifs is 1. The standard InChI is InChI=1S/C33H37FN4O3/c1-22(2)36(3)32(39)28-19-26(34)8-9-30(28)38-21-29(27-10-14-35-20-31(27)38)24-12-16-37(17-13-24)15-11-23-6-5-7-25(18-23)33(40)41-4/h5-10,14,18-22,24H,11-13,15-17H2,1-4H3. The Labute approximate surface area is 240 Å². The summed E-state index contributed by atoms with van der Waals surface area (Å²) in [5, 5.41) is 1.11. The van der Waals surface area contributed by atoms with Crippen molar-refractivity contribution in [3.8, 4) is 5.69 Å². The normalized spacial score (nSPS) is 14.5. The molecule has 0 spiro atoms. The Morgan fingerprint density at radius 3 is 2.63 bits per heavy atom. The number of nitrogens with zero attached hydrogens (tertiary/aromatic N) is 4. The summed E-state index contributed by atoms with van der Waals surface area (Å²) in [6.45, 7) is 6.75. The van der Waals surface area contributed by atoms with Gasteiger partial charge in [0.1, 0.15) is 5.82 Å². The molecule has 2 aromatic heterocycles. The minimum atomic E-state index is -0.437. The van der Waals surface area contributed by atoms with Crippen LogP contribution in [0.4, 0.5) is 4.39 Å². The molecule has 0 atom stereocenters. The first-order valence-electron chi connectivity index (χ1n) is 14.2. The molecular formula is C33H37FN4O3. The Balaban J connectivity index is 1.35. The van der Waals surface area contributed by atoms with Gasteiger partial charge in [-0.15, -0.1) is 0 Å². The molecule has 0 saturated carbocycles. The summed E-state index contributed by atoms with van der Waals surface area (Å²) in [4.78, 5) is 33.7. The van der Waals surface area contributed by atoms with Crippen molar-refractivity contribution in [2.24, 2.45) is 0 Å². The zero-order chi connectivity index (χ0) is 29.1. The van der Waals surface area contributed by atoms with Crippen molar-refractivity contribution in [3.63, 3.8) is 0 Å². The van der Waals surface area contributed by atoms with Crippen molar-refractivity contribution >= 4 is 22.8 Å². The summed E-state index contributed by atoms with van der Waals surface area (Å²) in [5.41, 5.74) is 4.82. The fourth-order valence-corrected chi connectivity index (χ4v) is 5.67. The highest BCUT2D eigenvalue weighted by Crippen LogP contribution is 2.36. The summed E-state index contributed by atoms with van der Waals surface area (Å²) in [7, 11) is 3.14. The zero-order valence-electron chi connectivity index (χ0n) is 24.1. The van der Waals surface area contributed by atoms with Crippen molar-refractivity contribution in [3.05, 3.63) is 95.2 Å². The van der Waals surface area contributed by atoms with Crippen LogP contribution in [0.2, 0.25) is 0 Å². The monoisotopic (exact) mass is 556 g/mol. The number of carbonyl (C=O) groups excluding carboxylic acids is 2. The highest BCUT2D eigenvalue weighted by Gasteiger charge is 2.26. The first-order chi connectivity index (χ1) is 19.8. The summed E-state index contributed by atoms with van der Waals surface area (Å²) in [5.74, 6) is -0.607. The minimum Gasteiger partial charge on any atom is -0.465 e. The molecule has 0 aliphatic carbocycles. The number of hydrogen-bond acceptors (Lipinski definition) is 5. The van der Waals surface area contributed by atoms with Crippen LogP contribution in [0.3, 0.4) is 0 Å². The van der Waals surface area contributed by atoms with Gasteiger partial charge in [-0.25, -0.2) is 9.18 Å². The average molecular weight is 557 g/mol. The van der Waals surface area contributed by atoms with Crippen LogP contribution in [0.15, 0.2) is 67.1 Å². The maximum absolute atomic E-state index is 14.4. The molecular weight excluding hydrogens is 519 g/mol. The average Bonchev–Trinajstić information content (AvgIpc) is 3.38. The van der Waals surface area contributed by atoms with Crippen LogP contribution in [-0.4, -0.2) is 71.1 Å². The molecule has 0 N–H and O–H groups in total. The third kappa shape index (κ3) is 6.03. The number of carbonyl (C=O) groups is 2. The molecule has 1 fully saturated rings. The summed E-state index contributed by atoms with van der Waals surface area (Å²) in [6, 6.07) is 14.1. The molecule has 0 unspecified atom stereocenters. The third-order valence-electron chi connectivity index (χ3n) is 8.27. The van der Waals surface area contributed by atoms with E-state index in [-0.39, 0.29) is 17.9 Å². The van der Waals surface area contributed by atoms with Crippen LogP contribution < -0.4 is 0 Å². The fourth-order valence-electron chi connectivity index (χ4n) is 5.67. The lowest BCUT2D eigenvalue weighted by Gasteiger charge is -2.32. The fraction of sp³-hybridized carbons (Fsp3) is 0.364. The molecule has 214 valence electrons. The zero-order valence-corrected chi connectivity index (χ0v) is 24.1. The van der Waals surface area contributed by atoms with Crippen molar-refractivity contribution in [1.82, 2.24) is 19.4 Å². The van der Waals surface area contributed by atoms with Gasteiger partial charge in [0.25, 0.3) is 5.91 Å². The van der Waals surface area contributed by atoms with Gasteiger partial charge in [-0.3, -0.25) is 9.78 Å². The Morgan fingerprint density at radius 2 is 1.90 bits per heavy atom. The van der Waals surface area contributed by atoms with E-state index in [1.54, 1.807) is 30.3 Å². The predicted molar refractivity (Wildman–Crippen MR) is 158 cm³/mol.